The van der Waals surface area contributed by atoms with Gasteiger partial charge in [0.05, 0.1) is 11.1 Å². The van der Waals surface area contributed by atoms with Crippen LogP contribution in [-0.4, -0.2) is 5.97 Å². The SMILES string of the molecule is Cc1cc(=O)oc2c3c(ccc12)OC(=O)/C3=C/c1ccccc1. The lowest BCUT2D eigenvalue weighted by atomic mass is 10.00. The molecular formula is C19H12O4. The van der Waals surface area contributed by atoms with Crippen LogP contribution in [0, 0.1) is 6.92 Å². The maximum atomic E-state index is 12.2. The number of fused-ring (bicyclic) bond motifs is 3. The predicted molar refractivity (Wildman–Crippen MR) is 87.2 cm³/mol. The van der Waals surface area contributed by atoms with Gasteiger partial charge in [0.1, 0.15) is 5.75 Å². The molecule has 0 amide bonds. The van der Waals surface area contributed by atoms with Crippen LogP contribution in [0.15, 0.2) is 57.7 Å². The van der Waals surface area contributed by atoms with Crippen LogP contribution in [0.5, 0.6) is 5.75 Å². The lowest BCUT2D eigenvalue weighted by molar-refractivity contribution is -0.126. The molecule has 0 atom stereocenters. The summed E-state index contributed by atoms with van der Waals surface area (Å²) in [5.41, 5.74) is 2.56. The molecule has 23 heavy (non-hydrogen) atoms. The monoisotopic (exact) mass is 304 g/mol. The number of rotatable bonds is 1. The summed E-state index contributed by atoms with van der Waals surface area (Å²) in [4.78, 5) is 24.0. The predicted octanol–water partition coefficient (Wildman–Crippen LogP) is 3.56. The fraction of sp³-hybridized carbons (Fsp3) is 0.0526. The number of hydrogen-bond donors (Lipinski definition) is 0. The average molecular weight is 304 g/mol. The van der Waals surface area contributed by atoms with Crippen molar-refractivity contribution in [2.75, 3.05) is 0 Å². The Labute approximate surface area is 131 Å². The van der Waals surface area contributed by atoms with Crippen LogP contribution in [-0.2, 0) is 4.79 Å². The first-order chi connectivity index (χ1) is 11.1. The summed E-state index contributed by atoms with van der Waals surface area (Å²) in [6.07, 6.45) is 1.75. The minimum atomic E-state index is -0.444. The molecule has 0 N–H and O–H groups in total. The number of carbonyl (C=O) groups excluding carboxylic acids is 1. The van der Waals surface area contributed by atoms with Gasteiger partial charge >= 0.3 is 11.6 Å². The average Bonchev–Trinajstić information content (AvgIpc) is 2.84. The third kappa shape index (κ3) is 2.16. The molecule has 2 heterocycles. The molecule has 4 nitrogen and oxygen atoms in total. The van der Waals surface area contributed by atoms with Gasteiger partial charge in [-0.3, -0.25) is 0 Å². The summed E-state index contributed by atoms with van der Waals surface area (Å²) in [5.74, 6) is -0.0288. The molecule has 0 spiro atoms. The highest BCUT2D eigenvalue weighted by Crippen LogP contribution is 2.40. The fourth-order valence-corrected chi connectivity index (χ4v) is 2.81. The van der Waals surface area contributed by atoms with Crippen LogP contribution in [0.2, 0.25) is 0 Å². The molecule has 0 bridgehead atoms. The fourth-order valence-electron chi connectivity index (χ4n) is 2.81. The Balaban J connectivity index is 2.04. The molecule has 0 radical (unpaired) electrons. The van der Waals surface area contributed by atoms with E-state index in [2.05, 4.69) is 0 Å². The molecule has 1 aliphatic heterocycles. The highest BCUT2D eigenvalue weighted by molar-refractivity contribution is 6.28. The van der Waals surface area contributed by atoms with E-state index < -0.39 is 11.6 Å². The molecular weight excluding hydrogens is 292 g/mol. The molecule has 0 saturated heterocycles. The maximum absolute atomic E-state index is 12.2. The van der Waals surface area contributed by atoms with Gasteiger partial charge in [0, 0.05) is 11.5 Å². The van der Waals surface area contributed by atoms with E-state index in [0.29, 0.717) is 22.5 Å². The minimum Gasteiger partial charge on any atom is -0.422 e. The number of ether oxygens (including phenoxy) is 1. The van der Waals surface area contributed by atoms with Crippen LogP contribution in [0.1, 0.15) is 16.7 Å². The molecule has 4 rings (SSSR count). The van der Waals surface area contributed by atoms with Crippen molar-refractivity contribution in [2.45, 2.75) is 6.92 Å². The van der Waals surface area contributed by atoms with Crippen LogP contribution >= 0.6 is 0 Å². The van der Waals surface area contributed by atoms with Gasteiger partial charge < -0.3 is 9.15 Å². The van der Waals surface area contributed by atoms with Crippen LogP contribution in [0.25, 0.3) is 22.6 Å². The molecule has 0 fully saturated rings. The van der Waals surface area contributed by atoms with Crippen molar-refractivity contribution in [2.24, 2.45) is 0 Å². The summed E-state index contributed by atoms with van der Waals surface area (Å²) in [7, 11) is 0. The standard InChI is InChI=1S/C19H12O4/c1-11-9-16(20)23-18-13(11)7-8-15-17(18)14(19(21)22-15)10-12-5-3-2-4-6-12/h2-10H,1H3/b14-10+. The van der Waals surface area contributed by atoms with E-state index in [9.17, 15) is 9.59 Å². The minimum absolute atomic E-state index is 0.389. The van der Waals surface area contributed by atoms with E-state index in [1.165, 1.54) is 6.07 Å². The smallest absolute Gasteiger partial charge is 0.344 e. The molecule has 0 aliphatic carbocycles. The van der Waals surface area contributed by atoms with Gasteiger partial charge in [-0.15, -0.1) is 0 Å². The van der Waals surface area contributed by atoms with E-state index in [0.717, 1.165) is 16.5 Å². The topological polar surface area (TPSA) is 56.5 Å². The molecule has 112 valence electrons. The van der Waals surface area contributed by atoms with E-state index in [1.54, 1.807) is 18.2 Å². The van der Waals surface area contributed by atoms with Crippen molar-refractivity contribution in [1.82, 2.24) is 0 Å². The van der Waals surface area contributed by atoms with Gasteiger partial charge in [-0.2, -0.15) is 0 Å². The largest absolute Gasteiger partial charge is 0.422 e. The summed E-state index contributed by atoms with van der Waals surface area (Å²) >= 11 is 0. The highest BCUT2D eigenvalue weighted by atomic mass is 16.5. The second kappa shape index (κ2) is 4.95. The summed E-state index contributed by atoms with van der Waals surface area (Å²) in [6, 6.07) is 14.4. The third-order valence-electron chi connectivity index (χ3n) is 3.88. The first-order valence-corrected chi connectivity index (χ1v) is 7.20. The van der Waals surface area contributed by atoms with E-state index in [1.807, 2.05) is 37.3 Å². The number of esters is 1. The Bertz CT molecular complexity index is 1030. The molecule has 1 aromatic heterocycles. The van der Waals surface area contributed by atoms with Crippen molar-refractivity contribution in [3.63, 3.8) is 0 Å². The van der Waals surface area contributed by atoms with Gasteiger partial charge in [-0.05, 0) is 36.3 Å². The zero-order valence-corrected chi connectivity index (χ0v) is 12.3. The van der Waals surface area contributed by atoms with Gasteiger partial charge in [0.2, 0.25) is 0 Å². The Morgan fingerprint density at radius 2 is 1.78 bits per heavy atom. The third-order valence-corrected chi connectivity index (χ3v) is 3.88. The summed E-state index contributed by atoms with van der Waals surface area (Å²) in [6.45, 7) is 1.84. The highest BCUT2D eigenvalue weighted by Gasteiger charge is 2.30. The first-order valence-electron chi connectivity index (χ1n) is 7.20. The number of benzene rings is 2. The van der Waals surface area contributed by atoms with Gasteiger partial charge in [0.25, 0.3) is 0 Å². The van der Waals surface area contributed by atoms with Crippen molar-refractivity contribution in [1.29, 1.82) is 0 Å². The van der Waals surface area contributed by atoms with Crippen molar-refractivity contribution in [3.8, 4) is 5.75 Å². The molecule has 0 saturated carbocycles. The Hall–Kier alpha value is -3.14. The Kier molecular flexibility index (Phi) is 2.91. The van der Waals surface area contributed by atoms with Crippen LogP contribution in [0.3, 0.4) is 0 Å². The Morgan fingerprint density at radius 1 is 1.00 bits per heavy atom. The van der Waals surface area contributed by atoms with Crippen molar-refractivity contribution >= 4 is 28.6 Å². The van der Waals surface area contributed by atoms with Gasteiger partial charge in [-0.25, -0.2) is 9.59 Å². The molecule has 0 unspecified atom stereocenters. The first kappa shape index (κ1) is 13.5. The van der Waals surface area contributed by atoms with E-state index >= 15 is 0 Å². The number of carbonyl (C=O) groups is 1. The molecule has 2 aromatic carbocycles. The second-order valence-corrected chi connectivity index (χ2v) is 5.42. The van der Waals surface area contributed by atoms with Crippen LogP contribution < -0.4 is 10.4 Å². The summed E-state index contributed by atoms with van der Waals surface area (Å²) in [5, 5.41) is 0.792. The van der Waals surface area contributed by atoms with Crippen LogP contribution in [0.4, 0.5) is 0 Å². The molecule has 1 aliphatic rings. The Morgan fingerprint density at radius 3 is 2.57 bits per heavy atom. The normalized spacial score (nSPS) is 15.0. The van der Waals surface area contributed by atoms with Crippen molar-refractivity contribution in [3.05, 3.63) is 75.6 Å². The molecule has 3 aromatic rings. The quantitative estimate of drug-likeness (QED) is 0.298. The lowest BCUT2D eigenvalue weighted by Crippen LogP contribution is -2.01. The summed E-state index contributed by atoms with van der Waals surface area (Å²) < 4.78 is 10.7. The zero-order valence-electron chi connectivity index (χ0n) is 12.3. The van der Waals surface area contributed by atoms with E-state index in [-0.39, 0.29) is 0 Å². The maximum Gasteiger partial charge on any atom is 0.344 e. The number of aryl methyl sites for hydroxylation is 1. The van der Waals surface area contributed by atoms with Crippen molar-refractivity contribution < 1.29 is 13.9 Å². The van der Waals surface area contributed by atoms with E-state index in [4.69, 9.17) is 9.15 Å². The lowest BCUT2D eigenvalue weighted by Gasteiger charge is -2.04. The van der Waals surface area contributed by atoms with Gasteiger partial charge in [0.15, 0.2) is 5.58 Å². The van der Waals surface area contributed by atoms with Gasteiger partial charge in [-0.1, -0.05) is 30.3 Å². The molecule has 4 heteroatoms. The number of hydrogen-bond acceptors (Lipinski definition) is 4. The second-order valence-electron chi connectivity index (χ2n) is 5.42. The zero-order chi connectivity index (χ0) is 16.0.